The molecule has 1 aromatic heterocycles. The molecule has 1 N–H and O–H groups in total. The molecule has 3 rings (SSSR count). The number of hydrogen-bond donors (Lipinski definition) is 1. The maximum Gasteiger partial charge on any atom is 0.159 e. The van der Waals surface area contributed by atoms with Gasteiger partial charge in [-0.25, -0.2) is 0 Å². The summed E-state index contributed by atoms with van der Waals surface area (Å²) < 4.78 is 6.28. The van der Waals surface area contributed by atoms with Crippen LogP contribution in [0.2, 0.25) is 0 Å². The van der Waals surface area contributed by atoms with Crippen LogP contribution < -0.4 is 9.84 Å². The number of H-pyrrole nitrogens is 1. The van der Waals surface area contributed by atoms with Gasteiger partial charge in [-0.15, -0.1) is 11.3 Å². The second-order valence-corrected chi connectivity index (χ2v) is 6.74. The first-order chi connectivity index (χ1) is 10.1. The van der Waals surface area contributed by atoms with Gasteiger partial charge in [0.1, 0.15) is 11.9 Å². The van der Waals surface area contributed by atoms with Crippen LogP contribution >= 0.6 is 23.6 Å². The monoisotopic (exact) mass is 320 g/mol. The fourth-order valence-corrected chi connectivity index (χ4v) is 3.79. The Balaban J connectivity index is 1.98. The molecule has 1 unspecified atom stereocenters. The molecule has 0 spiro atoms. The third-order valence-electron chi connectivity index (χ3n) is 3.61. The average Bonchev–Trinajstić information content (AvgIpc) is 2.85. The van der Waals surface area contributed by atoms with Crippen molar-refractivity contribution in [2.24, 2.45) is 0 Å². The summed E-state index contributed by atoms with van der Waals surface area (Å²) in [5.74, 6) is -0.644. The minimum atomic E-state index is -1.19. The molecule has 0 radical (unpaired) electrons. The number of rotatable bonds is 4. The van der Waals surface area contributed by atoms with Gasteiger partial charge < -0.3 is 19.6 Å². The number of fused-ring (bicyclic) bond motifs is 3. The number of aliphatic carboxylic acids is 1. The molecule has 6 heteroatoms. The maximum atomic E-state index is 11.0. The number of thiazole rings is 1. The molecule has 0 saturated heterocycles. The van der Waals surface area contributed by atoms with Crippen LogP contribution in [0.4, 0.5) is 0 Å². The fraction of sp³-hybridized carbons (Fsp3) is 0.333. The quantitative estimate of drug-likeness (QED) is 0.879. The summed E-state index contributed by atoms with van der Waals surface area (Å²) in [6, 6.07) is 5.69. The molecule has 0 aliphatic heterocycles. The van der Waals surface area contributed by atoms with Crippen molar-refractivity contribution in [1.29, 1.82) is 0 Å². The van der Waals surface area contributed by atoms with Crippen molar-refractivity contribution in [3.63, 3.8) is 0 Å². The number of aryl methyl sites for hydroxylation is 2. The van der Waals surface area contributed by atoms with Crippen molar-refractivity contribution < 1.29 is 14.6 Å². The standard InChI is InChI=1S/C15H15NO3S2/c1-2-11(14(17)18)19-9-5-3-8-4-6-12-13(10(8)7-9)16-15(20)21-12/h3,5,7,11H,2,4,6H2,1H3,(H,16,20)(H,17,18)/p-1. The molecule has 1 atom stereocenters. The highest BCUT2D eigenvalue weighted by Gasteiger charge is 2.20. The van der Waals surface area contributed by atoms with Crippen LogP contribution in [0, 0.1) is 3.95 Å². The van der Waals surface area contributed by atoms with Crippen molar-refractivity contribution >= 4 is 29.5 Å². The molecule has 0 amide bonds. The van der Waals surface area contributed by atoms with Crippen molar-refractivity contribution in [3.05, 3.63) is 32.6 Å². The fourth-order valence-electron chi connectivity index (χ4n) is 2.54. The molecule has 21 heavy (non-hydrogen) atoms. The Bertz CT molecular complexity index is 748. The summed E-state index contributed by atoms with van der Waals surface area (Å²) in [4.78, 5) is 15.4. The molecule has 1 aromatic carbocycles. The van der Waals surface area contributed by atoms with E-state index in [4.69, 9.17) is 17.0 Å². The number of carbonyl (C=O) groups is 1. The predicted molar refractivity (Wildman–Crippen MR) is 82.1 cm³/mol. The Labute approximate surface area is 131 Å². The summed E-state index contributed by atoms with van der Waals surface area (Å²) in [6.07, 6.45) is 1.39. The summed E-state index contributed by atoms with van der Waals surface area (Å²) in [5, 5.41) is 11.0. The van der Waals surface area contributed by atoms with E-state index < -0.39 is 12.1 Å². The number of ether oxygens (including phenoxy) is 1. The van der Waals surface area contributed by atoms with E-state index >= 15 is 0 Å². The van der Waals surface area contributed by atoms with E-state index in [0.29, 0.717) is 12.2 Å². The van der Waals surface area contributed by atoms with E-state index in [0.717, 1.165) is 28.1 Å². The van der Waals surface area contributed by atoms with Crippen molar-refractivity contribution in [3.8, 4) is 17.0 Å². The van der Waals surface area contributed by atoms with Crippen molar-refractivity contribution in [1.82, 2.24) is 4.98 Å². The van der Waals surface area contributed by atoms with Crippen LogP contribution in [-0.2, 0) is 17.6 Å². The van der Waals surface area contributed by atoms with Crippen LogP contribution in [0.25, 0.3) is 11.3 Å². The summed E-state index contributed by atoms with van der Waals surface area (Å²) in [5.41, 5.74) is 3.31. The van der Waals surface area contributed by atoms with Gasteiger partial charge >= 0.3 is 0 Å². The smallest absolute Gasteiger partial charge is 0.159 e. The van der Waals surface area contributed by atoms with Crippen LogP contribution in [0.5, 0.6) is 5.75 Å². The average molecular weight is 320 g/mol. The number of aromatic nitrogens is 1. The second-order valence-electron chi connectivity index (χ2n) is 4.97. The van der Waals surface area contributed by atoms with Gasteiger partial charge in [0.05, 0.1) is 11.7 Å². The first kappa shape index (κ1) is 14.3. The van der Waals surface area contributed by atoms with Gasteiger partial charge in [-0.3, -0.25) is 0 Å². The molecule has 1 aliphatic rings. The Morgan fingerprint density at radius 2 is 2.33 bits per heavy atom. The lowest BCUT2D eigenvalue weighted by Crippen LogP contribution is -2.39. The minimum Gasteiger partial charge on any atom is -0.546 e. The number of benzene rings is 1. The molecule has 1 aliphatic carbocycles. The van der Waals surface area contributed by atoms with Gasteiger partial charge in [0.25, 0.3) is 0 Å². The minimum absolute atomic E-state index is 0.367. The van der Waals surface area contributed by atoms with Crippen LogP contribution in [0.1, 0.15) is 23.8 Å². The van der Waals surface area contributed by atoms with Gasteiger partial charge in [-0.05, 0) is 49.2 Å². The first-order valence-electron chi connectivity index (χ1n) is 6.81. The van der Waals surface area contributed by atoms with Gasteiger partial charge in [-0.2, -0.15) is 0 Å². The molecule has 0 saturated carbocycles. The molecule has 2 aromatic rings. The molecular formula is C15H14NO3S2-. The van der Waals surface area contributed by atoms with E-state index in [-0.39, 0.29) is 0 Å². The Hall–Kier alpha value is -1.66. The lowest BCUT2D eigenvalue weighted by Gasteiger charge is -2.21. The largest absolute Gasteiger partial charge is 0.546 e. The normalized spacial score (nSPS) is 14.1. The number of nitrogens with one attached hydrogen (secondary N) is 1. The molecule has 1 heterocycles. The van der Waals surface area contributed by atoms with Gasteiger partial charge in [-0.1, -0.05) is 13.0 Å². The lowest BCUT2D eigenvalue weighted by molar-refractivity contribution is -0.313. The van der Waals surface area contributed by atoms with Gasteiger partial charge in [0.15, 0.2) is 3.95 Å². The van der Waals surface area contributed by atoms with E-state index in [2.05, 4.69) is 4.98 Å². The van der Waals surface area contributed by atoms with E-state index in [1.807, 2.05) is 18.2 Å². The number of carbonyl (C=O) groups excluding carboxylic acids is 1. The van der Waals surface area contributed by atoms with E-state index in [1.54, 1.807) is 18.3 Å². The molecule has 4 nitrogen and oxygen atoms in total. The van der Waals surface area contributed by atoms with Crippen molar-refractivity contribution in [2.45, 2.75) is 32.3 Å². The highest BCUT2D eigenvalue weighted by Crippen LogP contribution is 2.37. The molecule has 0 bridgehead atoms. The van der Waals surface area contributed by atoms with E-state index in [1.165, 1.54) is 10.4 Å². The van der Waals surface area contributed by atoms with Gasteiger partial charge in [0.2, 0.25) is 0 Å². The lowest BCUT2D eigenvalue weighted by atomic mass is 9.93. The Kier molecular flexibility index (Phi) is 3.82. The first-order valence-corrected chi connectivity index (χ1v) is 8.03. The SMILES string of the molecule is CCC(Oc1ccc2c(c1)-c1[nH]c(=S)sc1CC2)C(=O)[O-]. The summed E-state index contributed by atoms with van der Waals surface area (Å²) in [7, 11) is 0. The summed E-state index contributed by atoms with van der Waals surface area (Å²) >= 11 is 6.81. The number of hydrogen-bond acceptors (Lipinski definition) is 5. The van der Waals surface area contributed by atoms with Crippen LogP contribution in [0.3, 0.4) is 0 Å². The molecular weight excluding hydrogens is 306 g/mol. The van der Waals surface area contributed by atoms with Crippen LogP contribution in [0.15, 0.2) is 18.2 Å². The zero-order valence-electron chi connectivity index (χ0n) is 11.5. The molecule has 0 fully saturated rings. The summed E-state index contributed by atoms with van der Waals surface area (Å²) in [6.45, 7) is 1.76. The highest BCUT2D eigenvalue weighted by atomic mass is 32.1. The number of carboxylic acid groups (broad SMARTS) is 1. The predicted octanol–water partition coefficient (Wildman–Crippen LogP) is 2.48. The third kappa shape index (κ3) is 2.73. The van der Waals surface area contributed by atoms with Gasteiger partial charge in [0, 0.05) is 10.4 Å². The topological polar surface area (TPSA) is 65.2 Å². The molecule has 110 valence electrons. The van der Waals surface area contributed by atoms with Crippen LogP contribution in [-0.4, -0.2) is 17.1 Å². The zero-order valence-corrected chi connectivity index (χ0v) is 13.1. The Morgan fingerprint density at radius 3 is 3.05 bits per heavy atom. The maximum absolute atomic E-state index is 11.0. The Morgan fingerprint density at radius 1 is 1.52 bits per heavy atom. The third-order valence-corrected chi connectivity index (χ3v) is 4.90. The van der Waals surface area contributed by atoms with Crippen molar-refractivity contribution in [2.75, 3.05) is 0 Å². The zero-order chi connectivity index (χ0) is 15.0. The number of aromatic amines is 1. The van der Waals surface area contributed by atoms with E-state index in [9.17, 15) is 9.90 Å². The number of carboxylic acids is 1. The second kappa shape index (κ2) is 5.61. The highest BCUT2D eigenvalue weighted by molar-refractivity contribution is 7.73.